The van der Waals surface area contributed by atoms with Gasteiger partial charge in [-0.25, -0.2) is 9.37 Å². The molecule has 6 N–H and O–H groups in total. The number of fused-ring (bicyclic) bond motifs is 1. The molecule has 0 bridgehead atoms. The molecule has 0 aromatic carbocycles. The summed E-state index contributed by atoms with van der Waals surface area (Å²) in [6.07, 6.45) is -2.31. The lowest BCUT2D eigenvalue weighted by Crippen LogP contribution is -2.24. The molecule has 0 fully saturated rings. The smallest absolute Gasteiger partial charge is 0.402 e. The van der Waals surface area contributed by atoms with E-state index in [-0.39, 0.29) is 30.1 Å². The van der Waals surface area contributed by atoms with Gasteiger partial charge in [0, 0.05) is 26.1 Å². The van der Waals surface area contributed by atoms with Crippen LogP contribution in [0.25, 0.3) is 10.3 Å². The number of nitrogens with two attached hydrogens (primary N) is 2. The van der Waals surface area contributed by atoms with E-state index in [1.807, 2.05) is 0 Å². The highest BCUT2D eigenvalue weighted by molar-refractivity contribution is 7.19. The van der Waals surface area contributed by atoms with Crippen molar-refractivity contribution in [3.63, 3.8) is 0 Å². The van der Waals surface area contributed by atoms with E-state index in [4.69, 9.17) is 22.3 Å². The molecule has 0 unspecified atom stereocenters. The maximum atomic E-state index is 13.5. The number of aldehydes is 1. The number of hydrazone groups is 1. The van der Waals surface area contributed by atoms with E-state index in [1.54, 1.807) is 7.05 Å². The molecule has 0 aliphatic heterocycles. The van der Waals surface area contributed by atoms with Crippen molar-refractivity contribution in [2.75, 3.05) is 13.6 Å². The second-order valence-electron chi connectivity index (χ2n) is 6.57. The second-order valence-corrected chi connectivity index (χ2v) is 7.66. The molecule has 178 valence electrons. The predicted molar refractivity (Wildman–Crippen MR) is 116 cm³/mol. The molecule has 0 saturated carbocycles. The largest absolute Gasteiger partial charge is 0.573 e. The summed E-state index contributed by atoms with van der Waals surface area (Å²) >= 11 is 1.15. The molecule has 2 rings (SSSR count). The van der Waals surface area contributed by atoms with Crippen LogP contribution in [-0.4, -0.2) is 59.4 Å². The molecule has 33 heavy (non-hydrogen) atoms. The molecule has 0 aliphatic carbocycles. The van der Waals surface area contributed by atoms with Crippen molar-refractivity contribution >= 4 is 46.6 Å². The molecule has 0 spiro atoms. The van der Waals surface area contributed by atoms with Gasteiger partial charge in [-0.1, -0.05) is 0 Å². The summed E-state index contributed by atoms with van der Waals surface area (Å²) in [4.78, 5) is 16.0. The van der Waals surface area contributed by atoms with Crippen molar-refractivity contribution in [3.8, 4) is 0 Å². The van der Waals surface area contributed by atoms with E-state index >= 15 is 0 Å². The zero-order valence-electron chi connectivity index (χ0n) is 17.4. The van der Waals surface area contributed by atoms with E-state index in [9.17, 15) is 22.4 Å². The minimum absolute atomic E-state index is 0.0413. The Labute approximate surface area is 188 Å². The SMILES string of the molecule is CN(CC(N)=C(C=N)OC(F)(F)F)/N=C\c1c(C=O)n(C)c2nc(CC(N)=C(F)C=N)sc12. The van der Waals surface area contributed by atoms with Crippen LogP contribution in [0.3, 0.4) is 0 Å². The summed E-state index contributed by atoms with van der Waals surface area (Å²) in [6, 6.07) is 0. The average molecular weight is 488 g/mol. The molecule has 10 nitrogen and oxygen atoms in total. The molecule has 15 heteroatoms. The van der Waals surface area contributed by atoms with Gasteiger partial charge in [0.15, 0.2) is 23.5 Å². The van der Waals surface area contributed by atoms with Gasteiger partial charge in [-0.15, -0.1) is 24.5 Å². The Hall–Kier alpha value is -3.75. The highest BCUT2D eigenvalue weighted by Gasteiger charge is 2.32. The lowest BCUT2D eigenvalue weighted by molar-refractivity contribution is -0.302. The third kappa shape index (κ3) is 6.15. The number of aromatic nitrogens is 2. The van der Waals surface area contributed by atoms with Crippen LogP contribution in [0.4, 0.5) is 17.6 Å². The number of allylic oxidation sites excluding steroid dienone is 3. The number of carbonyl (C=O) groups is 1. The van der Waals surface area contributed by atoms with Crippen LogP contribution < -0.4 is 11.5 Å². The topological polar surface area (TPSA) is 159 Å². The highest BCUT2D eigenvalue weighted by Crippen LogP contribution is 2.30. The second kappa shape index (κ2) is 10.2. The molecule has 0 amide bonds. The van der Waals surface area contributed by atoms with Crippen LogP contribution in [0.5, 0.6) is 0 Å². The first kappa shape index (κ1) is 25.5. The van der Waals surface area contributed by atoms with Crippen LogP contribution in [0.2, 0.25) is 0 Å². The number of carbonyl (C=O) groups excluding carboxylic acids is 1. The van der Waals surface area contributed by atoms with Gasteiger partial charge in [0.1, 0.15) is 5.01 Å². The van der Waals surface area contributed by atoms with E-state index < -0.39 is 17.9 Å². The number of aryl methyl sites for hydroxylation is 1. The molecular weight excluding hydrogens is 468 g/mol. The first-order valence-corrected chi connectivity index (χ1v) is 9.81. The minimum Gasteiger partial charge on any atom is -0.402 e. The summed E-state index contributed by atoms with van der Waals surface area (Å²) in [5, 5.41) is 19.7. The molecule has 2 heterocycles. The third-order valence-corrected chi connectivity index (χ3v) is 5.27. The normalized spacial score (nSPS) is 13.6. The van der Waals surface area contributed by atoms with Crippen LogP contribution in [0.15, 0.2) is 28.1 Å². The van der Waals surface area contributed by atoms with Crippen LogP contribution in [-0.2, 0) is 18.2 Å². The number of thiazole rings is 1. The van der Waals surface area contributed by atoms with Crippen LogP contribution in [0.1, 0.15) is 21.1 Å². The Morgan fingerprint density at radius 2 is 1.97 bits per heavy atom. The first-order valence-electron chi connectivity index (χ1n) is 8.99. The molecule has 2 aromatic rings. The number of hydrogen-bond donors (Lipinski definition) is 4. The lowest BCUT2D eigenvalue weighted by Gasteiger charge is -2.16. The van der Waals surface area contributed by atoms with Gasteiger partial charge >= 0.3 is 6.36 Å². The Bertz CT molecular complexity index is 1160. The molecular formula is C18H20F4N8O2S. The fraction of sp³-hybridized carbons (Fsp3) is 0.278. The Morgan fingerprint density at radius 1 is 1.30 bits per heavy atom. The van der Waals surface area contributed by atoms with Crippen molar-refractivity contribution in [2.45, 2.75) is 12.8 Å². The fourth-order valence-electron chi connectivity index (χ4n) is 2.69. The summed E-state index contributed by atoms with van der Waals surface area (Å²) in [7, 11) is 3.02. The average Bonchev–Trinajstić information content (AvgIpc) is 3.25. The highest BCUT2D eigenvalue weighted by atomic mass is 32.1. The predicted octanol–water partition coefficient (Wildman–Crippen LogP) is 2.40. The van der Waals surface area contributed by atoms with Crippen LogP contribution >= 0.6 is 11.3 Å². The zero-order chi connectivity index (χ0) is 24.9. The van der Waals surface area contributed by atoms with E-state index in [0.29, 0.717) is 39.6 Å². The quantitative estimate of drug-likeness (QED) is 0.132. The van der Waals surface area contributed by atoms with Gasteiger partial charge in [0.2, 0.25) is 0 Å². The van der Waals surface area contributed by atoms with Gasteiger partial charge < -0.3 is 31.6 Å². The van der Waals surface area contributed by atoms with Crippen molar-refractivity contribution in [1.29, 1.82) is 10.8 Å². The molecule has 0 saturated heterocycles. The number of hydrogen-bond acceptors (Lipinski definition) is 10. The lowest BCUT2D eigenvalue weighted by atomic mass is 10.3. The number of rotatable bonds is 10. The summed E-state index contributed by atoms with van der Waals surface area (Å²) in [5.74, 6) is -1.74. The first-order chi connectivity index (χ1) is 15.4. The Morgan fingerprint density at radius 3 is 2.52 bits per heavy atom. The Balaban J connectivity index is 2.35. The molecule has 0 radical (unpaired) electrons. The third-order valence-electron chi connectivity index (χ3n) is 4.20. The summed E-state index contributed by atoms with van der Waals surface area (Å²) < 4.78 is 56.4. The monoisotopic (exact) mass is 488 g/mol. The maximum Gasteiger partial charge on any atom is 0.573 e. The number of halogens is 4. The van der Waals surface area contributed by atoms with Crippen LogP contribution in [0, 0.1) is 10.8 Å². The number of ether oxygens (including phenoxy) is 1. The van der Waals surface area contributed by atoms with Gasteiger partial charge in [0.05, 0.1) is 47.0 Å². The number of nitrogens with one attached hydrogen (secondary N) is 2. The van der Waals surface area contributed by atoms with Crippen molar-refractivity contribution < 1.29 is 27.1 Å². The number of likely N-dealkylation sites (N-methyl/N-ethyl adjacent to an activating group) is 1. The molecule has 0 atom stereocenters. The molecule has 2 aromatic heterocycles. The van der Waals surface area contributed by atoms with Crippen molar-refractivity contribution in [3.05, 3.63) is 39.2 Å². The van der Waals surface area contributed by atoms with Crippen molar-refractivity contribution in [2.24, 2.45) is 23.6 Å². The van der Waals surface area contributed by atoms with E-state index in [1.165, 1.54) is 22.8 Å². The fourth-order valence-corrected chi connectivity index (χ4v) is 3.82. The van der Waals surface area contributed by atoms with E-state index in [0.717, 1.165) is 11.3 Å². The summed E-state index contributed by atoms with van der Waals surface area (Å²) in [5.41, 5.74) is 11.7. The zero-order valence-corrected chi connectivity index (χ0v) is 18.2. The number of alkyl halides is 3. The van der Waals surface area contributed by atoms with Gasteiger partial charge in [-0.3, -0.25) is 9.80 Å². The maximum absolute atomic E-state index is 13.5. The standard InChI is InChI=1S/C18H20F4N8O2S/c1-29(7-12(26)14(5-24)32-18(20,21)22)27-6-9-13(8-31)30(2)17-16(9)33-15(28-17)3-11(25)10(19)4-23/h4-6,8,23-24H,3,7,25-26H2,1-2H3/b11-10?,14-12?,23-4?,24-5?,27-6-. The van der Waals surface area contributed by atoms with Crippen molar-refractivity contribution in [1.82, 2.24) is 14.6 Å². The van der Waals surface area contributed by atoms with Gasteiger partial charge in [0.25, 0.3) is 0 Å². The Kier molecular flexibility index (Phi) is 7.92. The number of nitrogens with zero attached hydrogens (tertiary/aromatic N) is 4. The summed E-state index contributed by atoms with van der Waals surface area (Å²) in [6.45, 7) is -0.304. The molecule has 0 aliphatic rings. The van der Waals surface area contributed by atoms with Gasteiger partial charge in [-0.05, 0) is 0 Å². The van der Waals surface area contributed by atoms with E-state index in [2.05, 4.69) is 14.8 Å². The minimum atomic E-state index is -5.00. The van der Waals surface area contributed by atoms with Gasteiger partial charge in [-0.2, -0.15) is 5.10 Å².